The van der Waals surface area contributed by atoms with E-state index in [-0.39, 0.29) is 5.91 Å². The predicted molar refractivity (Wildman–Crippen MR) is 108 cm³/mol. The summed E-state index contributed by atoms with van der Waals surface area (Å²) in [5.74, 6) is -0.151. The third-order valence-corrected chi connectivity index (χ3v) is 4.71. The van der Waals surface area contributed by atoms with Gasteiger partial charge in [-0.2, -0.15) is 0 Å². The summed E-state index contributed by atoms with van der Waals surface area (Å²) >= 11 is 5.33. The molecular weight excluding hydrogens is 358 g/mol. The lowest BCUT2D eigenvalue weighted by molar-refractivity contribution is 0.0946. The number of rotatable bonds is 6. The van der Waals surface area contributed by atoms with Crippen LogP contribution < -0.4 is 5.32 Å². The lowest BCUT2D eigenvalue weighted by atomic mass is 10.3. The zero-order valence-corrected chi connectivity index (χ0v) is 15.4. The van der Waals surface area contributed by atoms with Crippen molar-refractivity contribution in [3.63, 3.8) is 0 Å². The topological polar surface area (TPSA) is 67.6 Å². The molecule has 0 radical (unpaired) electrons. The molecule has 136 valence electrons. The normalized spacial score (nSPS) is 11.0. The van der Waals surface area contributed by atoms with E-state index in [0.717, 1.165) is 29.7 Å². The first kappa shape index (κ1) is 17.2. The van der Waals surface area contributed by atoms with Gasteiger partial charge in [-0.3, -0.25) is 9.36 Å². The molecule has 0 spiro atoms. The van der Waals surface area contributed by atoms with Gasteiger partial charge in [0, 0.05) is 25.0 Å². The van der Waals surface area contributed by atoms with E-state index in [1.54, 1.807) is 10.8 Å². The Balaban J connectivity index is 1.40. The number of benzene rings is 2. The molecule has 0 aliphatic heterocycles. The van der Waals surface area contributed by atoms with Crippen LogP contribution in [0.3, 0.4) is 0 Å². The number of aromatic amines is 1. The molecule has 6 nitrogen and oxygen atoms in total. The second-order valence-corrected chi connectivity index (χ2v) is 6.57. The highest BCUT2D eigenvalue weighted by molar-refractivity contribution is 7.71. The van der Waals surface area contributed by atoms with Crippen LogP contribution >= 0.6 is 12.2 Å². The van der Waals surface area contributed by atoms with Crippen molar-refractivity contribution in [3.8, 4) is 5.69 Å². The van der Waals surface area contributed by atoms with Gasteiger partial charge < -0.3 is 14.9 Å². The quantitative estimate of drug-likeness (QED) is 0.398. The van der Waals surface area contributed by atoms with E-state index in [1.807, 2.05) is 54.9 Å². The molecule has 0 fully saturated rings. The maximum Gasteiger partial charge on any atom is 0.269 e. The molecule has 2 aromatic heterocycles. The number of carbonyl (C=O) groups is 1. The van der Waals surface area contributed by atoms with Crippen LogP contribution in [0.25, 0.3) is 16.7 Å². The molecule has 0 aliphatic rings. The second-order valence-electron chi connectivity index (χ2n) is 6.19. The Labute approximate surface area is 161 Å². The molecule has 27 heavy (non-hydrogen) atoms. The number of nitrogens with one attached hydrogen (secondary N) is 2. The number of amides is 1. The van der Waals surface area contributed by atoms with Gasteiger partial charge in [0.2, 0.25) is 0 Å². The van der Waals surface area contributed by atoms with Crippen LogP contribution in [0.4, 0.5) is 0 Å². The standard InChI is InChI=1S/C20H19N5OS/c26-19(18-13-22-20(27)25(18)15-7-2-1-3-8-15)21-11-6-12-24-14-23-16-9-4-5-10-17(16)24/h1-5,7-10,13-14H,6,11-12H2,(H,21,26)(H,22,27). The number of carbonyl (C=O) groups excluding carboxylic acids is 1. The lowest BCUT2D eigenvalue weighted by Gasteiger charge is -2.09. The van der Waals surface area contributed by atoms with Gasteiger partial charge in [0.25, 0.3) is 5.91 Å². The summed E-state index contributed by atoms with van der Waals surface area (Å²) < 4.78 is 4.34. The van der Waals surface area contributed by atoms with Crippen LogP contribution in [0.5, 0.6) is 0 Å². The van der Waals surface area contributed by atoms with Gasteiger partial charge in [-0.05, 0) is 42.9 Å². The highest BCUT2D eigenvalue weighted by atomic mass is 32.1. The van der Waals surface area contributed by atoms with Gasteiger partial charge in [0.05, 0.1) is 17.4 Å². The summed E-state index contributed by atoms with van der Waals surface area (Å²) in [6.07, 6.45) is 4.29. The Morgan fingerprint density at radius 1 is 1.11 bits per heavy atom. The van der Waals surface area contributed by atoms with Crippen LogP contribution in [-0.2, 0) is 6.54 Å². The van der Waals surface area contributed by atoms with Crippen molar-refractivity contribution in [1.29, 1.82) is 0 Å². The maximum absolute atomic E-state index is 12.6. The van der Waals surface area contributed by atoms with Crippen molar-refractivity contribution in [3.05, 3.63) is 77.6 Å². The van der Waals surface area contributed by atoms with Crippen molar-refractivity contribution < 1.29 is 4.79 Å². The number of H-pyrrole nitrogens is 1. The lowest BCUT2D eigenvalue weighted by Crippen LogP contribution is -2.27. The Morgan fingerprint density at radius 2 is 1.89 bits per heavy atom. The van der Waals surface area contributed by atoms with E-state index in [9.17, 15) is 4.79 Å². The number of aromatic nitrogens is 4. The SMILES string of the molecule is O=C(NCCCn1cnc2ccccc21)c1c[nH]c(=S)n1-c1ccccc1. The van der Waals surface area contributed by atoms with Crippen molar-refractivity contribution in [1.82, 2.24) is 24.4 Å². The average Bonchev–Trinajstić information content (AvgIpc) is 3.29. The number of nitrogens with zero attached hydrogens (tertiary/aromatic N) is 3. The van der Waals surface area contributed by atoms with E-state index in [0.29, 0.717) is 17.0 Å². The number of hydrogen-bond acceptors (Lipinski definition) is 3. The Bertz CT molecular complexity index is 1130. The van der Waals surface area contributed by atoms with Crippen LogP contribution in [0.1, 0.15) is 16.9 Å². The van der Waals surface area contributed by atoms with E-state index >= 15 is 0 Å². The fourth-order valence-corrected chi connectivity index (χ4v) is 3.36. The molecule has 0 aliphatic carbocycles. The molecule has 1 amide bonds. The smallest absolute Gasteiger partial charge is 0.269 e. The summed E-state index contributed by atoms with van der Waals surface area (Å²) in [5, 5.41) is 2.97. The van der Waals surface area contributed by atoms with Crippen LogP contribution in [0.15, 0.2) is 67.1 Å². The van der Waals surface area contributed by atoms with Crippen LogP contribution in [0, 0.1) is 4.77 Å². The molecular formula is C20H19N5OS. The molecule has 2 N–H and O–H groups in total. The van der Waals surface area contributed by atoms with Crippen molar-refractivity contribution in [2.45, 2.75) is 13.0 Å². The molecule has 4 aromatic rings. The van der Waals surface area contributed by atoms with E-state index in [2.05, 4.69) is 25.9 Å². The zero-order chi connectivity index (χ0) is 18.6. The third-order valence-electron chi connectivity index (χ3n) is 4.41. The first-order valence-electron chi connectivity index (χ1n) is 8.78. The molecule has 2 heterocycles. The predicted octanol–water partition coefficient (Wildman–Crippen LogP) is 3.70. The molecule has 0 saturated heterocycles. The highest BCUT2D eigenvalue weighted by Crippen LogP contribution is 2.13. The third kappa shape index (κ3) is 3.54. The summed E-state index contributed by atoms with van der Waals surface area (Å²) in [4.78, 5) is 19.9. The van der Waals surface area contributed by atoms with E-state index < -0.39 is 0 Å². The molecule has 0 atom stereocenters. The molecule has 4 rings (SSSR count). The second kappa shape index (κ2) is 7.59. The van der Waals surface area contributed by atoms with E-state index in [1.165, 1.54) is 0 Å². The molecule has 0 saturated carbocycles. The maximum atomic E-state index is 12.6. The van der Waals surface area contributed by atoms with Gasteiger partial charge in [-0.25, -0.2) is 4.98 Å². The highest BCUT2D eigenvalue weighted by Gasteiger charge is 2.13. The minimum Gasteiger partial charge on any atom is -0.351 e. The van der Waals surface area contributed by atoms with Crippen molar-refractivity contribution in [2.75, 3.05) is 6.54 Å². The Morgan fingerprint density at radius 3 is 2.74 bits per heavy atom. The van der Waals surface area contributed by atoms with Crippen LogP contribution in [-0.4, -0.2) is 31.6 Å². The molecule has 7 heteroatoms. The summed E-state index contributed by atoms with van der Waals surface area (Å²) in [5.41, 5.74) is 3.45. The van der Waals surface area contributed by atoms with Gasteiger partial charge in [0.1, 0.15) is 5.69 Å². The summed E-state index contributed by atoms with van der Waals surface area (Å²) in [7, 11) is 0. The fourth-order valence-electron chi connectivity index (χ4n) is 3.10. The van der Waals surface area contributed by atoms with Gasteiger partial charge >= 0.3 is 0 Å². The van der Waals surface area contributed by atoms with Crippen LogP contribution in [0.2, 0.25) is 0 Å². The first-order chi connectivity index (χ1) is 13.2. The summed E-state index contributed by atoms with van der Waals surface area (Å²) in [6.45, 7) is 1.36. The monoisotopic (exact) mass is 377 g/mol. The van der Waals surface area contributed by atoms with Crippen molar-refractivity contribution in [2.24, 2.45) is 0 Å². The minimum absolute atomic E-state index is 0.151. The van der Waals surface area contributed by atoms with Gasteiger partial charge in [-0.1, -0.05) is 30.3 Å². The number of fused-ring (bicyclic) bond motifs is 1. The molecule has 0 unspecified atom stereocenters. The largest absolute Gasteiger partial charge is 0.351 e. The Hall–Kier alpha value is -3.19. The number of hydrogen-bond donors (Lipinski definition) is 2. The van der Waals surface area contributed by atoms with Gasteiger partial charge in [-0.15, -0.1) is 0 Å². The summed E-state index contributed by atoms with van der Waals surface area (Å²) in [6, 6.07) is 17.6. The van der Waals surface area contributed by atoms with Gasteiger partial charge in [0.15, 0.2) is 4.77 Å². The minimum atomic E-state index is -0.151. The van der Waals surface area contributed by atoms with E-state index in [4.69, 9.17) is 12.2 Å². The van der Waals surface area contributed by atoms with Crippen molar-refractivity contribution >= 4 is 29.2 Å². The molecule has 0 bridgehead atoms. The number of imidazole rings is 2. The first-order valence-corrected chi connectivity index (χ1v) is 9.19. The number of para-hydroxylation sites is 3. The number of aryl methyl sites for hydroxylation is 1. The fraction of sp³-hybridized carbons (Fsp3) is 0.150. The average molecular weight is 377 g/mol. The zero-order valence-electron chi connectivity index (χ0n) is 14.6. The Kier molecular flexibility index (Phi) is 4.84. The molecule has 2 aromatic carbocycles.